The summed E-state index contributed by atoms with van der Waals surface area (Å²) in [6, 6.07) is 19.1. The Hall–Kier alpha value is -3.72. The van der Waals surface area contributed by atoms with Crippen molar-refractivity contribution in [2.24, 2.45) is 0 Å². The molecule has 2 aromatic carbocycles. The number of benzene rings is 2. The minimum atomic E-state index is -0.0809. The lowest BCUT2D eigenvalue weighted by Crippen LogP contribution is -2.27. The third-order valence-electron chi connectivity index (χ3n) is 4.91. The fraction of sp³-hybridized carbons (Fsp3) is 0.208. The van der Waals surface area contributed by atoms with Gasteiger partial charge in [0.15, 0.2) is 10.9 Å². The van der Waals surface area contributed by atoms with Crippen molar-refractivity contribution in [3.05, 3.63) is 72.5 Å². The quantitative estimate of drug-likeness (QED) is 0.355. The lowest BCUT2D eigenvalue weighted by atomic mass is 10.1. The molecule has 170 valence electrons. The summed E-state index contributed by atoms with van der Waals surface area (Å²) in [7, 11) is 3.19. The minimum absolute atomic E-state index is 0.0809. The maximum absolute atomic E-state index is 12.5. The number of methoxy groups -OCH3 is 2. The Kier molecular flexibility index (Phi) is 7.31. The average Bonchev–Trinajstić information content (AvgIpc) is 3.53. The van der Waals surface area contributed by atoms with Crippen LogP contribution < -0.4 is 14.8 Å². The zero-order chi connectivity index (χ0) is 23.0. The Morgan fingerprint density at radius 2 is 1.91 bits per heavy atom. The fourth-order valence-electron chi connectivity index (χ4n) is 3.29. The molecular formula is C24H24N4O4S. The van der Waals surface area contributed by atoms with Gasteiger partial charge in [-0.2, -0.15) is 0 Å². The molecule has 33 heavy (non-hydrogen) atoms. The number of hydrogen-bond donors (Lipinski definition) is 1. The van der Waals surface area contributed by atoms with Gasteiger partial charge in [-0.3, -0.25) is 9.36 Å². The zero-order valence-electron chi connectivity index (χ0n) is 18.4. The van der Waals surface area contributed by atoms with Crippen LogP contribution in [0.5, 0.6) is 11.5 Å². The maximum atomic E-state index is 12.5. The first kappa shape index (κ1) is 22.5. The van der Waals surface area contributed by atoms with E-state index in [-0.39, 0.29) is 11.7 Å². The van der Waals surface area contributed by atoms with Gasteiger partial charge in [0, 0.05) is 12.6 Å². The predicted octanol–water partition coefficient (Wildman–Crippen LogP) is 4.00. The molecule has 8 nitrogen and oxygen atoms in total. The van der Waals surface area contributed by atoms with E-state index in [1.165, 1.54) is 17.3 Å². The summed E-state index contributed by atoms with van der Waals surface area (Å²) in [5.74, 6) is 2.42. The van der Waals surface area contributed by atoms with Crippen LogP contribution in [0.1, 0.15) is 5.56 Å². The number of ether oxygens (including phenoxy) is 2. The van der Waals surface area contributed by atoms with Crippen LogP contribution in [-0.4, -0.2) is 47.2 Å². The Balaban J connectivity index is 1.54. The fourth-order valence-corrected chi connectivity index (χ4v) is 4.06. The average molecular weight is 465 g/mol. The van der Waals surface area contributed by atoms with E-state index in [1.54, 1.807) is 32.6 Å². The highest BCUT2D eigenvalue weighted by molar-refractivity contribution is 7.99. The summed E-state index contributed by atoms with van der Waals surface area (Å²) in [5, 5.41) is 12.1. The van der Waals surface area contributed by atoms with Gasteiger partial charge in [0.2, 0.25) is 11.7 Å². The van der Waals surface area contributed by atoms with Crippen molar-refractivity contribution >= 4 is 17.7 Å². The van der Waals surface area contributed by atoms with Gasteiger partial charge < -0.3 is 19.2 Å². The number of amides is 1. The number of rotatable bonds is 10. The number of aromatic nitrogens is 3. The van der Waals surface area contributed by atoms with Crippen molar-refractivity contribution in [2.45, 2.75) is 11.6 Å². The molecule has 1 N–H and O–H groups in total. The number of nitrogens with one attached hydrogen (secondary N) is 1. The molecule has 2 heterocycles. The molecule has 0 aliphatic heterocycles. The molecule has 4 rings (SSSR count). The Morgan fingerprint density at radius 3 is 2.64 bits per heavy atom. The number of thioether (sulfide) groups is 1. The van der Waals surface area contributed by atoms with Gasteiger partial charge in [-0.25, -0.2) is 0 Å². The number of carbonyl (C=O) groups is 1. The van der Waals surface area contributed by atoms with Crippen LogP contribution in [0.3, 0.4) is 0 Å². The Bertz CT molecular complexity index is 1190. The molecule has 0 spiro atoms. The van der Waals surface area contributed by atoms with Crippen LogP contribution in [0, 0.1) is 0 Å². The summed E-state index contributed by atoms with van der Waals surface area (Å²) >= 11 is 1.29. The van der Waals surface area contributed by atoms with Crippen LogP contribution >= 0.6 is 11.8 Å². The largest absolute Gasteiger partial charge is 0.497 e. The summed E-state index contributed by atoms with van der Waals surface area (Å²) in [6.07, 6.45) is 2.35. The standard InChI is InChI=1S/C24H24N4O4S/c1-30-18-10-11-20(31-2)19(15-18)28-23(21-9-6-14-32-21)26-27-24(28)33-16-22(29)25-13-12-17-7-4-3-5-8-17/h3-11,14-15H,12-13,16H2,1-2H3,(H,25,29). The maximum Gasteiger partial charge on any atom is 0.230 e. The predicted molar refractivity (Wildman–Crippen MR) is 126 cm³/mol. The second-order valence-electron chi connectivity index (χ2n) is 7.03. The first-order chi connectivity index (χ1) is 16.2. The van der Waals surface area contributed by atoms with Crippen molar-refractivity contribution in [1.82, 2.24) is 20.1 Å². The molecule has 0 aliphatic rings. The molecule has 0 fully saturated rings. The van der Waals surface area contributed by atoms with E-state index in [2.05, 4.69) is 15.5 Å². The molecule has 0 saturated heterocycles. The molecular weight excluding hydrogens is 440 g/mol. The van der Waals surface area contributed by atoms with Crippen LogP contribution in [0.4, 0.5) is 0 Å². The highest BCUT2D eigenvalue weighted by Gasteiger charge is 2.22. The Labute approximate surface area is 195 Å². The summed E-state index contributed by atoms with van der Waals surface area (Å²) in [4.78, 5) is 12.5. The van der Waals surface area contributed by atoms with E-state index in [0.29, 0.717) is 40.5 Å². The van der Waals surface area contributed by atoms with Crippen molar-refractivity contribution in [3.63, 3.8) is 0 Å². The van der Waals surface area contributed by atoms with E-state index < -0.39 is 0 Å². The third kappa shape index (κ3) is 5.38. The van der Waals surface area contributed by atoms with Gasteiger partial charge in [-0.1, -0.05) is 42.1 Å². The van der Waals surface area contributed by atoms with Crippen molar-refractivity contribution < 1.29 is 18.7 Å². The van der Waals surface area contributed by atoms with Crippen molar-refractivity contribution in [1.29, 1.82) is 0 Å². The molecule has 2 aromatic heterocycles. The SMILES string of the molecule is COc1ccc(OC)c(-n2c(SCC(=O)NCCc3ccccc3)nnc2-c2ccco2)c1. The van der Waals surface area contributed by atoms with Gasteiger partial charge in [0.05, 0.1) is 31.9 Å². The molecule has 9 heteroatoms. The minimum Gasteiger partial charge on any atom is -0.497 e. The highest BCUT2D eigenvalue weighted by Crippen LogP contribution is 2.34. The number of hydrogen-bond acceptors (Lipinski definition) is 7. The molecule has 0 bridgehead atoms. The van der Waals surface area contributed by atoms with Gasteiger partial charge in [-0.05, 0) is 36.2 Å². The van der Waals surface area contributed by atoms with E-state index in [9.17, 15) is 4.79 Å². The van der Waals surface area contributed by atoms with E-state index in [0.717, 1.165) is 6.42 Å². The van der Waals surface area contributed by atoms with E-state index >= 15 is 0 Å². The number of carbonyl (C=O) groups excluding carboxylic acids is 1. The second kappa shape index (κ2) is 10.7. The van der Waals surface area contributed by atoms with Gasteiger partial charge in [-0.15, -0.1) is 10.2 Å². The first-order valence-corrected chi connectivity index (χ1v) is 11.3. The van der Waals surface area contributed by atoms with Crippen LogP contribution in [0.2, 0.25) is 0 Å². The smallest absolute Gasteiger partial charge is 0.230 e. The van der Waals surface area contributed by atoms with Crippen molar-refractivity contribution in [2.75, 3.05) is 26.5 Å². The van der Waals surface area contributed by atoms with E-state index in [1.807, 2.05) is 53.1 Å². The number of furan rings is 1. The Morgan fingerprint density at radius 1 is 1.06 bits per heavy atom. The van der Waals surface area contributed by atoms with Gasteiger partial charge in [0.1, 0.15) is 11.5 Å². The topological polar surface area (TPSA) is 91.4 Å². The van der Waals surface area contributed by atoms with Gasteiger partial charge in [0.25, 0.3) is 0 Å². The molecule has 0 aliphatic carbocycles. The molecule has 0 saturated carbocycles. The second-order valence-corrected chi connectivity index (χ2v) is 7.97. The first-order valence-electron chi connectivity index (χ1n) is 10.3. The summed E-state index contributed by atoms with van der Waals surface area (Å²) < 4.78 is 18.3. The molecule has 0 atom stereocenters. The summed E-state index contributed by atoms with van der Waals surface area (Å²) in [6.45, 7) is 0.567. The molecule has 0 radical (unpaired) electrons. The van der Waals surface area contributed by atoms with Gasteiger partial charge >= 0.3 is 0 Å². The highest BCUT2D eigenvalue weighted by atomic mass is 32.2. The van der Waals surface area contributed by atoms with E-state index in [4.69, 9.17) is 13.9 Å². The lowest BCUT2D eigenvalue weighted by molar-refractivity contribution is -0.118. The molecule has 1 amide bonds. The normalized spacial score (nSPS) is 10.7. The third-order valence-corrected chi connectivity index (χ3v) is 5.84. The molecule has 4 aromatic rings. The summed E-state index contributed by atoms with van der Waals surface area (Å²) in [5.41, 5.74) is 1.86. The zero-order valence-corrected chi connectivity index (χ0v) is 19.2. The van der Waals surface area contributed by atoms with Crippen LogP contribution in [0.15, 0.2) is 76.5 Å². The monoisotopic (exact) mass is 464 g/mol. The van der Waals surface area contributed by atoms with Crippen LogP contribution in [-0.2, 0) is 11.2 Å². The van der Waals surface area contributed by atoms with Crippen molar-refractivity contribution in [3.8, 4) is 28.8 Å². The van der Waals surface area contributed by atoms with Crippen LogP contribution in [0.25, 0.3) is 17.3 Å². The lowest BCUT2D eigenvalue weighted by Gasteiger charge is -2.14. The number of nitrogens with zero attached hydrogens (tertiary/aromatic N) is 3. The molecule has 0 unspecified atom stereocenters.